The van der Waals surface area contributed by atoms with Crippen molar-refractivity contribution >= 4 is 39.3 Å². The fourth-order valence-electron chi connectivity index (χ4n) is 0.775. The summed E-state index contributed by atoms with van der Waals surface area (Å²) in [5.74, 6) is -1.49. The van der Waals surface area contributed by atoms with Crippen molar-refractivity contribution in [3.05, 3.63) is 22.7 Å². The van der Waals surface area contributed by atoms with Gasteiger partial charge in [-0.2, -0.15) is 0 Å². The summed E-state index contributed by atoms with van der Waals surface area (Å²) in [5, 5.41) is 8.35. The number of carboxylic acids is 1. The molecule has 0 fully saturated rings. The zero-order valence-corrected chi connectivity index (χ0v) is 9.31. The van der Waals surface area contributed by atoms with Crippen LogP contribution in [0.25, 0.3) is 0 Å². The third kappa shape index (κ3) is 2.88. The number of carbonyl (C=O) groups is 1. The molecule has 0 saturated heterocycles. The molecule has 6 heteroatoms. The van der Waals surface area contributed by atoms with E-state index in [0.717, 1.165) is 0 Å². The molecule has 0 aliphatic rings. The summed E-state index contributed by atoms with van der Waals surface area (Å²) in [5.41, 5.74) is 4.04. The number of rotatable bonds is 3. The van der Waals surface area contributed by atoms with Crippen LogP contribution in [0.2, 0.25) is 0 Å². The van der Waals surface area contributed by atoms with Gasteiger partial charge >= 0.3 is 5.97 Å². The zero-order valence-electron chi connectivity index (χ0n) is 6.91. The minimum Gasteiger partial charge on any atom is -0.478 e. The summed E-state index contributed by atoms with van der Waals surface area (Å²) in [6, 6.07) is 4.75. The van der Waals surface area contributed by atoms with Crippen molar-refractivity contribution in [3.8, 4) is 0 Å². The van der Waals surface area contributed by atoms with Crippen LogP contribution in [-0.2, 0) is 4.79 Å². The molecule has 1 rings (SSSR count). The maximum Gasteiger partial charge on any atom is 0.349 e. The first kappa shape index (κ1) is 11.3. The highest BCUT2D eigenvalue weighted by Gasteiger charge is 2.18. The molecule has 0 aliphatic carbocycles. The number of hydrogen-bond acceptors (Lipinski definition) is 3. The van der Waals surface area contributed by atoms with E-state index in [1.165, 1.54) is 0 Å². The number of anilines is 1. The van der Waals surface area contributed by atoms with Crippen LogP contribution in [0.15, 0.2) is 27.6 Å². The highest BCUT2D eigenvalue weighted by atomic mass is 79.9. The van der Waals surface area contributed by atoms with Crippen LogP contribution in [0.5, 0.6) is 0 Å². The largest absolute Gasteiger partial charge is 0.478 e. The van der Waals surface area contributed by atoms with E-state index in [0.29, 0.717) is 26.8 Å². The van der Waals surface area contributed by atoms with Crippen LogP contribution in [0.1, 0.15) is 0 Å². The molecule has 0 saturated carbocycles. The Morgan fingerprint density at radius 1 is 1.64 bits per heavy atom. The number of halogens is 2. The summed E-state index contributed by atoms with van der Waals surface area (Å²) >= 11 is 3.78. The number of alkyl halides is 1. The van der Waals surface area contributed by atoms with Crippen molar-refractivity contribution < 1.29 is 14.3 Å². The topological polar surface area (TPSA) is 63.3 Å². The lowest BCUT2D eigenvalue weighted by molar-refractivity contribution is -0.139. The standard InChI is InChI=1S/C8H7BrFNO2S/c9-5-3-4(11)1-2-6(5)14-7(10)8(12)13/h1-3,7H,11H2,(H,12,13). The van der Waals surface area contributed by atoms with Gasteiger partial charge in [-0.25, -0.2) is 9.18 Å². The first-order chi connectivity index (χ1) is 6.50. The number of nitrogens with two attached hydrogens (primary N) is 1. The Hall–Kier alpha value is -0.750. The first-order valence-corrected chi connectivity index (χ1v) is 5.26. The van der Waals surface area contributed by atoms with Gasteiger partial charge in [-0.05, 0) is 34.1 Å². The number of benzene rings is 1. The highest BCUT2D eigenvalue weighted by molar-refractivity contribution is 9.10. The monoisotopic (exact) mass is 279 g/mol. The smallest absolute Gasteiger partial charge is 0.349 e. The van der Waals surface area contributed by atoms with Gasteiger partial charge in [0.2, 0.25) is 5.50 Å². The van der Waals surface area contributed by atoms with Gasteiger partial charge in [-0.15, -0.1) is 0 Å². The second-order valence-corrected chi connectivity index (χ2v) is 4.41. The van der Waals surface area contributed by atoms with Crippen molar-refractivity contribution in [1.29, 1.82) is 0 Å². The van der Waals surface area contributed by atoms with Crippen molar-refractivity contribution in [3.63, 3.8) is 0 Å². The van der Waals surface area contributed by atoms with Crippen molar-refractivity contribution in [2.45, 2.75) is 10.4 Å². The molecule has 1 unspecified atom stereocenters. The van der Waals surface area contributed by atoms with E-state index in [9.17, 15) is 9.18 Å². The summed E-state index contributed by atoms with van der Waals surface area (Å²) in [7, 11) is 0. The Morgan fingerprint density at radius 3 is 2.79 bits per heavy atom. The van der Waals surface area contributed by atoms with E-state index < -0.39 is 11.5 Å². The molecule has 0 aromatic heterocycles. The van der Waals surface area contributed by atoms with Crippen LogP contribution in [0, 0.1) is 0 Å². The average Bonchev–Trinajstić information content (AvgIpc) is 2.09. The maximum atomic E-state index is 12.8. The Balaban J connectivity index is 2.82. The number of thioether (sulfide) groups is 1. The lowest BCUT2D eigenvalue weighted by atomic mass is 10.3. The van der Waals surface area contributed by atoms with Gasteiger partial charge in [0, 0.05) is 15.1 Å². The fraction of sp³-hybridized carbons (Fsp3) is 0.125. The van der Waals surface area contributed by atoms with E-state index >= 15 is 0 Å². The molecule has 3 N–H and O–H groups in total. The molecule has 14 heavy (non-hydrogen) atoms. The predicted molar refractivity (Wildman–Crippen MR) is 56.9 cm³/mol. The van der Waals surface area contributed by atoms with Gasteiger partial charge in [0.25, 0.3) is 0 Å². The Labute approximate surface area is 92.6 Å². The molecule has 1 atom stereocenters. The minimum atomic E-state index is -1.96. The van der Waals surface area contributed by atoms with Gasteiger partial charge in [-0.3, -0.25) is 0 Å². The molecule has 0 bridgehead atoms. The molecular weight excluding hydrogens is 273 g/mol. The van der Waals surface area contributed by atoms with Gasteiger partial charge in [-0.1, -0.05) is 11.8 Å². The molecule has 0 amide bonds. The fourth-order valence-corrected chi connectivity index (χ4v) is 2.09. The lowest BCUT2D eigenvalue weighted by Gasteiger charge is -2.05. The average molecular weight is 280 g/mol. The van der Waals surface area contributed by atoms with Gasteiger partial charge < -0.3 is 10.8 Å². The number of aliphatic carboxylic acids is 1. The normalized spacial score (nSPS) is 12.4. The van der Waals surface area contributed by atoms with E-state index in [4.69, 9.17) is 10.8 Å². The van der Waals surface area contributed by atoms with Crippen molar-refractivity contribution in [2.24, 2.45) is 0 Å². The predicted octanol–water partition coefficient (Wildman–Crippen LogP) is 2.50. The minimum absolute atomic E-state index is 0.508. The third-order valence-corrected chi connectivity index (χ3v) is 3.32. The second-order valence-electron chi connectivity index (χ2n) is 2.46. The SMILES string of the molecule is Nc1ccc(SC(F)C(=O)O)c(Br)c1. The molecular formula is C8H7BrFNO2S. The van der Waals surface area contributed by atoms with Crippen LogP contribution >= 0.6 is 27.7 Å². The maximum absolute atomic E-state index is 12.8. The van der Waals surface area contributed by atoms with Crippen LogP contribution in [-0.4, -0.2) is 16.6 Å². The summed E-state index contributed by atoms with van der Waals surface area (Å²) < 4.78 is 13.4. The summed E-state index contributed by atoms with van der Waals surface area (Å²) in [4.78, 5) is 10.8. The molecule has 0 heterocycles. The summed E-state index contributed by atoms with van der Waals surface area (Å²) in [6.45, 7) is 0. The molecule has 76 valence electrons. The van der Waals surface area contributed by atoms with E-state index in [-0.39, 0.29) is 0 Å². The zero-order chi connectivity index (χ0) is 10.7. The molecule has 1 aromatic carbocycles. The van der Waals surface area contributed by atoms with Gasteiger partial charge in [0.05, 0.1) is 0 Å². The third-order valence-electron chi connectivity index (χ3n) is 1.38. The molecule has 0 radical (unpaired) electrons. The Bertz CT molecular complexity index is 361. The Kier molecular flexibility index (Phi) is 3.77. The first-order valence-electron chi connectivity index (χ1n) is 3.59. The van der Waals surface area contributed by atoms with E-state index in [2.05, 4.69) is 15.9 Å². The van der Waals surface area contributed by atoms with Crippen LogP contribution in [0.4, 0.5) is 10.1 Å². The van der Waals surface area contributed by atoms with Gasteiger partial charge in [0.1, 0.15) is 0 Å². The Morgan fingerprint density at radius 2 is 2.29 bits per heavy atom. The quantitative estimate of drug-likeness (QED) is 0.659. The number of nitrogen functional groups attached to an aromatic ring is 1. The summed E-state index contributed by atoms with van der Waals surface area (Å²) in [6.07, 6.45) is 0. The molecule has 3 nitrogen and oxygen atoms in total. The second kappa shape index (κ2) is 4.65. The van der Waals surface area contributed by atoms with Gasteiger partial charge in [0.15, 0.2) is 0 Å². The van der Waals surface area contributed by atoms with Crippen LogP contribution in [0.3, 0.4) is 0 Å². The highest BCUT2D eigenvalue weighted by Crippen LogP contribution is 2.32. The van der Waals surface area contributed by atoms with E-state index in [1.54, 1.807) is 18.2 Å². The number of carboxylic acid groups (broad SMARTS) is 1. The van der Waals surface area contributed by atoms with Crippen LogP contribution < -0.4 is 5.73 Å². The van der Waals surface area contributed by atoms with Crippen molar-refractivity contribution in [1.82, 2.24) is 0 Å². The van der Waals surface area contributed by atoms with Crippen molar-refractivity contribution in [2.75, 3.05) is 5.73 Å². The van der Waals surface area contributed by atoms with E-state index in [1.807, 2.05) is 0 Å². The molecule has 1 aromatic rings. The molecule has 0 aliphatic heterocycles. The molecule has 0 spiro atoms. The lowest BCUT2D eigenvalue weighted by Crippen LogP contribution is -2.09. The number of hydrogen-bond donors (Lipinski definition) is 2.